The zero-order valence-electron chi connectivity index (χ0n) is 16.0. The number of hydrogen-bond acceptors (Lipinski definition) is 6. The van der Waals surface area contributed by atoms with Crippen LogP contribution in [0.1, 0.15) is 19.8 Å². The summed E-state index contributed by atoms with van der Waals surface area (Å²) in [7, 11) is -4.11. The Bertz CT molecular complexity index is 1050. The molecule has 29 heavy (non-hydrogen) atoms. The molecule has 0 spiro atoms. The minimum Gasteiger partial charge on any atom is -0.465 e. The van der Waals surface area contributed by atoms with E-state index in [2.05, 4.69) is 9.71 Å². The maximum absolute atomic E-state index is 12.9. The van der Waals surface area contributed by atoms with Crippen LogP contribution < -0.4 is 4.72 Å². The van der Waals surface area contributed by atoms with Crippen LogP contribution in [0.4, 0.5) is 0 Å². The third-order valence-corrected chi connectivity index (χ3v) is 5.38. The van der Waals surface area contributed by atoms with E-state index in [9.17, 15) is 13.2 Å². The van der Waals surface area contributed by atoms with Crippen molar-refractivity contribution in [3.63, 3.8) is 0 Å². The first-order valence-corrected chi connectivity index (χ1v) is 10.8. The first-order chi connectivity index (χ1) is 14.0. The van der Waals surface area contributed by atoms with E-state index in [0.29, 0.717) is 11.1 Å². The summed E-state index contributed by atoms with van der Waals surface area (Å²) >= 11 is 0. The molecule has 0 radical (unpaired) electrons. The zero-order valence-corrected chi connectivity index (χ0v) is 16.8. The molecule has 0 saturated heterocycles. The second-order valence-electron chi connectivity index (χ2n) is 6.28. The molecule has 1 aromatic heterocycles. The molecule has 0 fully saturated rings. The number of aromatic nitrogens is 1. The molecule has 2 aromatic carbocycles. The van der Waals surface area contributed by atoms with Gasteiger partial charge in [0.25, 0.3) is 10.0 Å². The summed E-state index contributed by atoms with van der Waals surface area (Å²) in [6.07, 6.45) is 1.60. The highest BCUT2D eigenvalue weighted by Crippen LogP contribution is 2.32. The lowest BCUT2D eigenvalue weighted by molar-refractivity contribution is -0.142. The molecule has 1 N–H and O–H groups in total. The maximum Gasteiger partial charge on any atom is 0.321 e. The van der Waals surface area contributed by atoms with Crippen molar-refractivity contribution in [1.82, 2.24) is 9.71 Å². The van der Waals surface area contributed by atoms with Gasteiger partial charge in [-0.05, 0) is 18.6 Å². The van der Waals surface area contributed by atoms with Gasteiger partial charge >= 0.3 is 5.97 Å². The molecule has 0 saturated carbocycles. The van der Waals surface area contributed by atoms with E-state index in [-0.39, 0.29) is 23.3 Å². The summed E-state index contributed by atoms with van der Waals surface area (Å²) in [6, 6.07) is 17.8. The van der Waals surface area contributed by atoms with Gasteiger partial charge in [0.1, 0.15) is 6.54 Å². The minimum atomic E-state index is -4.11. The zero-order chi connectivity index (χ0) is 20.7. The van der Waals surface area contributed by atoms with Crippen molar-refractivity contribution < 1.29 is 22.4 Å². The third kappa shape index (κ3) is 5.30. The second-order valence-corrected chi connectivity index (χ2v) is 7.97. The van der Waals surface area contributed by atoms with Crippen LogP contribution in [-0.2, 0) is 19.6 Å². The fourth-order valence-corrected chi connectivity index (χ4v) is 3.62. The van der Waals surface area contributed by atoms with Crippen LogP contribution >= 0.6 is 0 Å². The highest BCUT2D eigenvalue weighted by Gasteiger charge is 2.28. The Morgan fingerprint density at radius 2 is 1.66 bits per heavy atom. The van der Waals surface area contributed by atoms with Crippen molar-refractivity contribution in [3.8, 4) is 22.8 Å². The van der Waals surface area contributed by atoms with Gasteiger partial charge in [0.2, 0.25) is 10.9 Å². The summed E-state index contributed by atoms with van der Waals surface area (Å²) in [5, 5.41) is -0.274. The number of nitrogens with one attached hydrogen (secondary N) is 1. The Labute approximate surface area is 169 Å². The summed E-state index contributed by atoms with van der Waals surface area (Å²) < 4.78 is 38.8. The third-order valence-electron chi connectivity index (χ3n) is 4.07. The normalized spacial score (nSPS) is 11.3. The van der Waals surface area contributed by atoms with Crippen LogP contribution in [0.2, 0.25) is 0 Å². The number of sulfonamides is 1. The summed E-state index contributed by atoms with van der Waals surface area (Å²) in [5.74, 6) is -0.360. The van der Waals surface area contributed by atoms with Gasteiger partial charge in [-0.1, -0.05) is 61.9 Å². The number of nitrogens with zero attached hydrogens (tertiary/aromatic N) is 1. The van der Waals surface area contributed by atoms with E-state index in [0.717, 1.165) is 12.8 Å². The van der Waals surface area contributed by atoms with E-state index >= 15 is 0 Å². The molecule has 152 valence electrons. The first-order valence-electron chi connectivity index (χ1n) is 9.28. The van der Waals surface area contributed by atoms with Crippen LogP contribution in [-0.4, -0.2) is 32.5 Å². The van der Waals surface area contributed by atoms with Crippen LogP contribution in [0.15, 0.2) is 70.1 Å². The van der Waals surface area contributed by atoms with Gasteiger partial charge in [-0.25, -0.2) is 8.42 Å². The summed E-state index contributed by atoms with van der Waals surface area (Å²) in [5.41, 5.74) is 1.21. The van der Waals surface area contributed by atoms with Crippen LogP contribution in [0.5, 0.6) is 0 Å². The number of rotatable bonds is 9. The molecule has 0 aliphatic heterocycles. The van der Waals surface area contributed by atoms with Gasteiger partial charge in [-0.3, -0.25) is 4.79 Å². The molecule has 0 bridgehead atoms. The number of ether oxygens (including phenoxy) is 1. The van der Waals surface area contributed by atoms with Gasteiger partial charge in [0.05, 0.1) is 6.61 Å². The second kappa shape index (κ2) is 9.49. The number of carbonyl (C=O) groups excluding carboxylic acids is 1. The molecule has 0 amide bonds. The molecule has 0 unspecified atom stereocenters. The average Bonchev–Trinajstić information content (AvgIpc) is 3.20. The van der Waals surface area contributed by atoms with Crippen molar-refractivity contribution in [3.05, 3.63) is 60.7 Å². The smallest absolute Gasteiger partial charge is 0.321 e. The lowest BCUT2D eigenvalue weighted by atomic mass is 10.2. The fourth-order valence-electron chi connectivity index (χ4n) is 2.57. The Morgan fingerprint density at radius 1 is 1.03 bits per heavy atom. The fraction of sp³-hybridized carbons (Fsp3) is 0.238. The van der Waals surface area contributed by atoms with Crippen molar-refractivity contribution >= 4 is 16.0 Å². The van der Waals surface area contributed by atoms with Crippen molar-refractivity contribution in [1.29, 1.82) is 0 Å². The minimum absolute atomic E-state index is 0.108. The number of carbonyl (C=O) groups is 1. The largest absolute Gasteiger partial charge is 0.465 e. The molecule has 0 aliphatic rings. The number of oxazole rings is 1. The molecule has 8 heteroatoms. The van der Waals surface area contributed by atoms with Gasteiger partial charge in [-0.15, -0.1) is 0 Å². The highest BCUT2D eigenvalue weighted by molar-refractivity contribution is 7.89. The van der Waals surface area contributed by atoms with Gasteiger partial charge < -0.3 is 9.15 Å². The number of unbranched alkanes of at least 4 members (excludes halogenated alkanes) is 1. The van der Waals surface area contributed by atoms with E-state index in [1.165, 1.54) is 0 Å². The molecular weight excluding hydrogens is 392 g/mol. The van der Waals surface area contributed by atoms with Gasteiger partial charge in [-0.2, -0.15) is 9.71 Å². The molecule has 3 aromatic rings. The van der Waals surface area contributed by atoms with Crippen LogP contribution in [0.25, 0.3) is 22.8 Å². The Morgan fingerprint density at radius 3 is 2.28 bits per heavy atom. The summed E-state index contributed by atoms with van der Waals surface area (Å²) in [4.78, 5) is 16.0. The van der Waals surface area contributed by atoms with E-state index in [1.807, 2.05) is 19.1 Å². The van der Waals surface area contributed by atoms with Crippen molar-refractivity contribution in [2.45, 2.75) is 24.8 Å². The number of esters is 1. The van der Waals surface area contributed by atoms with E-state index < -0.39 is 22.5 Å². The quantitative estimate of drug-likeness (QED) is 0.424. The molecule has 0 atom stereocenters. The highest BCUT2D eigenvalue weighted by atomic mass is 32.2. The average molecular weight is 414 g/mol. The predicted octanol–water partition coefficient (Wildman–Crippen LogP) is 3.63. The van der Waals surface area contributed by atoms with Crippen molar-refractivity contribution in [2.24, 2.45) is 0 Å². The lowest BCUT2D eigenvalue weighted by Crippen LogP contribution is -2.31. The molecule has 7 nitrogen and oxygen atoms in total. The molecule has 0 aliphatic carbocycles. The number of benzene rings is 2. The summed E-state index contributed by atoms with van der Waals surface area (Å²) in [6.45, 7) is 1.75. The van der Waals surface area contributed by atoms with Crippen LogP contribution in [0, 0.1) is 0 Å². The Hall–Kier alpha value is -2.97. The van der Waals surface area contributed by atoms with Gasteiger partial charge in [0.15, 0.2) is 5.76 Å². The first kappa shape index (κ1) is 20.8. The maximum atomic E-state index is 12.9. The van der Waals surface area contributed by atoms with Crippen molar-refractivity contribution in [2.75, 3.05) is 13.2 Å². The van der Waals surface area contributed by atoms with Crippen LogP contribution in [0.3, 0.4) is 0 Å². The van der Waals surface area contributed by atoms with Gasteiger partial charge in [0, 0.05) is 11.1 Å². The topological polar surface area (TPSA) is 98.5 Å². The van der Waals surface area contributed by atoms with E-state index in [4.69, 9.17) is 9.15 Å². The molecule has 1 heterocycles. The monoisotopic (exact) mass is 414 g/mol. The molecule has 3 rings (SSSR count). The predicted molar refractivity (Wildman–Crippen MR) is 108 cm³/mol. The Kier molecular flexibility index (Phi) is 6.79. The standard InChI is InChI=1S/C21H22N2O5S/c1-2-3-14-27-18(24)15-22-29(25,26)21-19(16-10-6-4-7-11-16)28-20(23-21)17-12-8-5-9-13-17/h4-13,22H,2-3,14-15H2,1H3. The SMILES string of the molecule is CCCCOC(=O)CNS(=O)(=O)c1nc(-c2ccccc2)oc1-c1ccccc1. The number of hydrogen-bond donors (Lipinski definition) is 1. The molecular formula is C21H22N2O5S. The Balaban J connectivity index is 1.90. The lowest BCUT2D eigenvalue weighted by Gasteiger charge is -2.06. The van der Waals surface area contributed by atoms with E-state index in [1.54, 1.807) is 48.5 Å².